The zero-order chi connectivity index (χ0) is 41.4. The second kappa shape index (κ2) is 13.0. The second-order valence-electron chi connectivity index (χ2n) is 20.5. The molecule has 2 aromatic rings. The number of rotatable bonds is 8. The summed E-state index contributed by atoms with van der Waals surface area (Å²) < 4.78 is 41.6. The third-order valence-electron chi connectivity index (χ3n) is 14.5. The predicted octanol–water partition coefficient (Wildman–Crippen LogP) is 4.13. The van der Waals surface area contributed by atoms with Crippen LogP contribution in [-0.4, -0.2) is 95.3 Å². The molecule has 4 bridgehead atoms. The van der Waals surface area contributed by atoms with Crippen molar-refractivity contribution in [3.8, 4) is 0 Å². The van der Waals surface area contributed by atoms with Crippen LogP contribution in [0.1, 0.15) is 97.7 Å². The van der Waals surface area contributed by atoms with Gasteiger partial charge in [0.05, 0.1) is 18.8 Å². The highest BCUT2D eigenvalue weighted by Gasteiger charge is 2.76. The standard InChI is InChI=1S/C20H32N2O5Si.C19H30N2O6Si/c1-12-10-22(17(24)21-15(12)23)16-13-14(27-28(6,7)18(2,3)4)20(26-16,11-25-13)19(5)8-9-19;1-11-9-21(16(23)20-14(11)22)15-12-13(27-28(5,6)17(2,3)4)19(26-15,10-25-12)18(24)7-8-18/h10,13-14,16H,8-9,11H2,1-7H3,(H,21,23,24);9,12-13,15,24H,7-8,10H2,1-6H3,(H,20,22,23)/t13?,14-,16-,20+;12?,13-,15-,19+/m11/s1. The molecule has 2 saturated carbocycles. The van der Waals surface area contributed by atoms with Gasteiger partial charge in [-0.3, -0.25) is 28.7 Å². The van der Waals surface area contributed by atoms with E-state index in [0.717, 1.165) is 12.8 Å². The maximum absolute atomic E-state index is 12.5. The molecule has 6 aliphatic rings. The van der Waals surface area contributed by atoms with Crippen LogP contribution in [0.3, 0.4) is 0 Å². The highest BCUT2D eigenvalue weighted by molar-refractivity contribution is 6.74. The molecule has 6 fully saturated rings. The van der Waals surface area contributed by atoms with Crippen LogP contribution in [0.5, 0.6) is 0 Å². The Hall–Kier alpha value is -2.49. The summed E-state index contributed by atoms with van der Waals surface area (Å²) in [4.78, 5) is 53.2. The molecule has 0 amide bonds. The van der Waals surface area contributed by atoms with Crippen molar-refractivity contribution in [1.82, 2.24) is 19.1 Å². The van der Waals surface area contributed by atoms with E-state index in [1.807, 2.05) is 0 Å². The first-order chi connectivity index (χ1) is 25.6. The van der Waals surface area contributed by atoms with Crippen LogP contribution in [0, 0.1) is 19.3 Å². The van der Waals surface area contributed by atoms with E-state index in [0.29, 0.717) is 30.6 Å². The molecule has 0 radical (unpaired) electrons. The molecule has 8 atom stereocenters. The number of fused-ring (bicyclic) bond motifs is 4. The third kappa shape index (κ3) is 6.38. The van der Waals surface area contributed by atoms with Crippen molar-refractivity contribution in [2.45, 2.75) is 178 Å². The van der Waals surface area contributed by atoms with E-state index >= 15 is 0 Å². The molecule has 0 aromatic carbocycles. The zero-order valence-corrected chi connectivity index (χ0v) is 37.3. The molecule has 2 aromatic heterocycles. The number of H-pyrrole nitrogens is 2. The van der Waals surface area contributed by atoms with Gasteiger partial charge in [0.2, 0.25) is 0 Å². The molecule has 2 unspecified atom stereocenters. The fourth-order valence-electron chi connectivity index (χ4n) is 8.16. The van der Waals surface area contributed by atoms with Crippen LogP contribution in [-0.2, 0) is 27.8 Å². The Morgan fingerprint density at radius 2 is 1.07 bits per heavy atom. The smallest absolute Gasteiger partial charge is 0.330 e. The number of aromatic nitrogens is 4. The summed E-state index contributed by atoms with van der Waals surface area (Å²) in [6.07, 6.45) is 3.50. The topological polar surface area (TPSA) is 185 Å². The molecule has 8 rings (SSSR count). The van der Waals surface area contributed by atoms with E-state index in [1.54, 1.807) is 20.0 Å². The molecule has 2 aliphatic carbocycles. The molecular weight excluding hydrogens is 757 g/mol. The quantitative estimate of drug-likeness (QED) is 0.326. The molecule has 17 heteroatoms. The Morgan fingerprint density at radius 1 is 0.696 bits per heavy atom. The molecule has 4 saturated heterocycles. The largest absolute Gasteiger partial charge is 0.408 e. The Morgan fingerprint density at radius 3 is 1.45 bits per heavy atom. The first-order valence-corrected chi connectivity index (χ1v) is 25.8. The Balaban J connectivity index is 0.000000172. The van der Waals surface area contributed by atoms with Crippen LogP contribution in [0.25, 0.3) is 0 Å². The number of hydrogen-bond acceptors (Lipinski definition) is 11. The van der Waals surface area contributed by atoms with Gasteiger partial charge in [0.25, 0.3) is 11.1 Å². The maximum Gasteiger partial charge on any atom is 0.330 e. The average molecular weight is 819 g/mol. The first kappa shape index (κ1) is 41.7. The molecule has 312 valence electrons. The Labute approximate surface area is 329 Å². The molecule has 6 heterocycles. The van der Waals surface area contributed by atoms with E-state index in [9.17, 15) is 24.3 Å². The minimum Gasteiger partial charge on any atom is -0.408 e. The van der Waals surface area contributed by atoms with Crippen molar-refractivity contribution in [2.24, 2.45) is 5.41 Å². The second-order valence-corrected chi connectivity index (χ2v) is 30.0. The fourth-order valence-corrected chi connectivity index (χ4v) is 10.8. The molecule has 4 aliphatic heterocycles. The number of aryl methyl sites for hydroxylation is 2. The third-order valence-corrected chi connectivity index (χ3v) is 23.5. The summed E-state index contributed by atoms with van der Waals surface area (Å²) in [5, 5.41) is 11.1. The van der Waals surface area contributed by atoms with Gasteiger partial charge in [-0.1, -0.05) is 48.5 Å². The van der Waals surface area contributed by atoms with Gasteiger partial charge in [-0.05, 0) is 75.8 Å². The van der Waals surface area contributed by atoms with Crippen LogP contribution in [0.15, 0.2) is 31.6 Å². The molecule has 0 spiro atoms. The van der Waals surface area contributed by atoms with Gasteiger partial charge in [0, 0.05) is 28.9 Å². The van der Waals surface area contributed by atoms with E-state index in [2.05, 4.69) is 84.6 Å². The molecular formula is C39H62N4O11Si2. The van der Waals surface area contributed by atoms with Crippen molar-refractivity contribution in [1.29, 1.82) is 0 Å². The summed E-state index contributed by atoms with van der Waals surface area (Å²) in [7, 11) is -4.27. The average Bonchev–Trinajstić information content (AvgIpc) is 3.89. The lowest BCUT2D eigenvalue weighted by molar-refractivity contribution is -0.218. The van der Waals surface area contributed by atoms with Crippen molar-refractivity contribution >= 4 is 16.6 Å². The summed E-state index contributed by atoms with van der Waals surface area (Å²) >= 11 is 0. The summed E-state index contributed by atoms with van der Waals surface area (Å²) in [5.74, 6) is 0. The van der Waals surface area contributed by atoms with Gasteiger partial charge >= 0.3 is 11.4 Å². The SMILES string of the molecule is Cc1cn([C@@H]2O[C@@]3(C4(C)CC4)COC2[C@H]3O[Si](C)(C)C(C)(C)C)c(=O)[nH]c1=O.Cc1cn([C@@H]2O[C@@]3(C4(O)CC4)COC2[C@H]3O[Si](C)(C)C(C)(C)C)c(=O)[nH]c1=O. The molecule has 56 heavy (non-hydrogen) atoms. The maximum atomic E-state index is 12.5. The number of nitrogens with one attached hydrogen (secondary N) is 2. The van der Waals surface area contributed by atoms with E-state index in [1.165, 1.54) is 15.3 Å². The highest BCUT2D eigenvalue weighted by atomic mass is 28.4. The Bertz CT molecular complexity index is 1970. The van der Waals surface area contributed by atoms with E-state index in [-0.39, 0.29) is 39.9 Å². The first-order valence-electron chi connectivity index (χ1n) is 19.9. The van der Waals surface area contributed by atoms with Gasteiger partial charge in [-0.25, -0.2) is 9.59 Å². The van der Waals surface area contributed by atoms with Crippen molar-refractivity contribution in [3.05, 3.63) is 65.2 Å². The number of ether oxygens (including phenoxy) is 4. The van der Waals surface area contributed by atoms with Crippen LogP contribution in [0.2, 0.25) is 36.3 Å². The summed E-state index contributed by atoms with van der Waals surface area (Å²) in [6, 6.07) is 0. The number of aromatic amines is 2. The lowest BCUT2D eigenvalue weighted by Crippen LogP contribution is -2.57. The molecule has 15 nitrogen and oxygen atoms in total. The van der Waals surface area contributed by atoms with Crippen LogP contribution >= 0.6 is 0 Å². The highest BCUT2D eigenvalue weighted by Crippen LogP contribution is 2.65. The lowest BCUT2D eigenvalue weighted by Gasteiger charge is -2.43. The van der Waals surface area contributed by atoms with Crippen molar-refractivity contribution in [2.75, 3.05) is 13.2 Å². The van der Waals surface area contributed by atoms with Gasteiger partial charge in [0.15, 0.2) is 34.7 Å². The summed E-state index contributed by atoms with van der Waals surface area (Å²) in [5.41, 5.74) is -3.51. The lowest BCUT2D eigenvalue weighted by atomic mass is 9.83. The molecule has 3 N–H and O–H groups in total. The fraction of sp³-hybridized carbons (Fsp3) is 0.795. The van der Waals surface area contributed by atoms with E-state index < -0.39 is 75.0 Å². The minimum atomic E-state index is -2.19. The number of hydrogen-bond donors (Lipinski definition) is 3. The van der Waals surface area contributed by atoms with Crippen LogP contribution in [0.4, 0.5) is 0 Å². The number of aliphatic hydroxyl groups is 1. The van der Waals surface area contributed by atoms with Gasteiger partial charge in [-0.15, -0.1) is 0 Å². The monoisotopic (exact) mass is 818 g/mol. The van der Waals surface area contributed by atoms with Crippen molar-refractivity contribution in [3.63, 3.8) is 0 Å². The van der Waals surface area contributed by atoms with Gasteiger partial charge in [-0.2, -0.15) is 0 Å². The van der Waals surface area contributed by atoms with Gasteiger partial charge < -0.3 is 32.9 Å². The predicted molar refractivity (Wildman–Crippen MR) is 213 cm³/mol. The normalized spacial score (nSPS) is 34.0. The van der Waals surface area contributed by atoms with E-state index in [4.69, 9.17) is 27.8 Å². The number of nitrogens with zero attached hydrogens (tertiary/aromatic N) is 2. The summed E-state index contributed by atoms with van der Waals surface area (Å²) in [6.45, 7) is 28.2. The zero-order valence-electron chi connectivity index (χ0n) is 35.3. The van der Waals surface area contributed by atoms with Gasteiger partial charge in [0.1, 0.15) is 30.0 Å². The Kier molecular flexibility index (Phi) is 9.68. The van der Waals surface area contributed by atoms with Crippen LogP contribution < -0.4 is 22.5 Å². The van der Waals surface area contributed by atoms with Crippen molar-refractivity contribution < 1.29 is 32.9 Å². The minimum absolute atomic E-state index is 0.00955.